The average Bonchev–Trinajstić information content (AvgIpc) is 2.65. The number of phenolic OH excluding ortho intramolecular Hbond substituents is 1. The number of aromatic hydroxyl groups is 1. The predicted octanol–water partition coefficient (Wildman–Crippen LogP) is 7.40. The van der Waals surface area contributed by atoms with E-state index in [4.69, 9.17) is 0 Å². The summed E-state index contributed by atoms with van der Waals surface area (Å²) in [7, 11) is 0. The first-order chi connectivity index (χ1) is 12.6. The molecule has 1 aromatic rings. The molecule has 2 N–H and O–H groups in total. The number of benzene rings is 1. The molecule has 3 nitrogen and oxygen atoms in total. The van der Waals surface area contributed by atoms with Crippen molar-refractivity contribution in [1.29, 1.82) is 0 Å². The molecule has 0 spiro atoms. The SMILES string of the molecule is CCCCCCCCCC(C)c1ccc(O)c(C(CCCCC)=NO)c1. The van der Waals surface area contributed by atoms with Gasteiger partial charge in [0.05, 0.1) is 5.71 Å². The first-order valence-corrected chi connectivity index (χ1v) is 10.7. The van der Waals surface area contributed by atoms with Gasteiger partial charge in [0.15, 0.2) is 0 Å². The summed E-state index contributed by atoms with van der Waals surface area (Å²) in [5.41, 5.74) is 2.51. The van der Waals surface area contributed by atoms with Crippen LogP contribution in [0, 0.1) is 0 Å². The standard InChI is InChI=1S/C23H39NO2/c1-4-6-8-9-10-11-13-14-19(3)20-16-17-23(25)21(18-20)22(24-26)15-12-7-5-2/h16-19,25-26H,4-15H2,1-3H3. The smallest absolute Gasteiger partial charge is 0.124 e. The summed E-state index contributed by atoms with van der Waals surface area (Å²) < 4.78 is 0. The molecule has 0 bridgehead atoms. The quantitative estimate of drug-likeness (QED) is 0.157. The molecular weight excluding hydrogens is 322 g/mol. The van der Waals surface area contributed by atoms with E-state index < -0.39 is 0 Å². The molecule has 0 aliphatic rings. The lowest BCUT2D eigenvalue weighted by molar-refractivity contribution is 0.317. The monoisotopic (exact) mass is 361 g/mol. The number of hydrogen-bond donors (Lipinski definition) is 2. The molecule has 0 saturated carbocycles. The van der Waals surface area contributed by atoms with E-state index in [1.165, 1.54) is 56.9 Å². The molecule has 0 heterocycles. The Bertz CT molecular complexity index is 525. The van der Waals surface area contributed by atoms with Crippen LogP contribution in [-0.4, -0.2) is 16.0 Å². The van der Waals surface area contributed by atoms with Gasteiger partial charge in [-0.2, -0.15) is 0 Å². The molecule has 1 unspecified atom stereocenters. The number of rotatable bonds is 14. The molecule has 26 heavy (non-hydrogen) atoms. The fraction of sp³-hybridized carbons (Fsp3) is 0.696. The number of unbranched alkanes of at least 4 members (excludes halogenated alkanes) is 8. The second-order valence-electron chi connectivity index (χ2n) is 7.59. The highest BCUT2D eigenvalue weighted by atomic mass is 16.4. The van der Waals surface area contributed by atoms with Gasteiger partial charge >= 0.3 is 0 Å². The Kier molecular flexibility index (Phi) is 11.8. The van der Waals surface area contributed by atoms with E-state index in [1.807, 2.05) is 12.1 Å². The Morgan fingerprint density at radius 2 is 1.54 bits per heavy atom. The van der Waals surface area contributed by atoms with Crippen molar-refractivity contribution in [3.63, 3.8) is 0 Å². The Morgan fingerprint density at radius 1 is 0.923 bits per heavy atom. The fourth-order valence-corrected chi connectivity index (χ4v) is 3.45. The highest BCUT2D eigenvalue weighted by molar-refractivity contribution is 6.02. The zero-order valence-corrected chi connectivity index (χ0v) is 17.1. The Hall–Kier alpha value is -1.51. The molecule has 0 aliphatic heterocycles. The van der Waals surface area contributed by atoms with Crippen molar-refractivity contribution in [2.45, 2.75) is 104 Å². The van der Waals surface area contributed by atoms with Crippen LogP contribution in [0.2, 0.25) is 0 Å². The minimum Gasteiger partial charge on any atom is -0.507 e. The summed E-state index contributed by atoms with van der Waals surface area (Å²) in [6.45, 7) is 6.66. The summed E-state index contributed by atoms with van der Waals surface area (Å²) in [4.78, 5) is 0. The molecular formula is C23H39NO2. The average molecular weight is 362 g/mol. The molecule has 1 aromatic carbocycles. The van der Waals surface area contributed by atoms with E-state index >= 15 is 0 Å². The van der Waals surface area contributed by atoms with Crippen LogP contribution < -0.4 is 0 Å². The van der Waals surface area contributed by atoms with Crippen LogP contribution in [0.4, 0.5) is 0 Å². The number of hydrogen-bond acceptors (Lipinski definition) is 3. The molecule has 0 aliphatic carbocycles. The molecule has 1 rings (SSSR count). The minimum absolute atomic E-state index is 0.209. The van der Waals surface area contributed by atoms with Gasteiger partial charge in [0.2, 0.25) is 0 Å². The maximum Gasteiger partial charge on any atom is 0.124 e. The van der Waals surface area contributed by atoms with Crippen LogP contribution in [0.1, 0.15) is 115 Å². The predicted molar refractivity (Wildman–Crippen MR) is 112 cm³/mol. The van der Waals surface area contributed by atoms with Crippen molar-refractivity contribution in [3.8, 4) is 5.75 Å². The molecule has 0 amide bonds. The lowest BCUT2D eigenvalue weighted by atomic mass is 9.91. The molecule has 0 fully saturated rings. The first kappa shape index (κ1) is 22.5. The summed E-state index contributed by atoms with van der Waals surface area (Å²) in [6.07, 6.45) is 14.4. The summed E-state index contributed by atoms with van der Waals surface area (Å²) >= 11 is 0. The van der Waals surface area contributed by atoms with E-state index in [0.29, 0.717) is 23.6 Å². The third-order valence-electron chi connectivity index (χ3n) is 5.28. The second-order valence-corrected chi connectivity index (χ2v) is 7.59. The molecule has 3 heteroatoms. The van der Waals surface area contributed by atoms with Gasteiger partial charge in [-0.3, -0.25) is 0 Å². The van der Waals surface area contributed by atoms with Crippen molar-refractivity contribution in [2.24, 2.45) is 5.16 Å². The van der Waals surface area contributed by atoms with Crippen LogP contribution >= 0.6 is 0 Å². The summed E-state index contributed by atoms with van der Waals surface area (Å²) in [6, 6.07) is 5.77. The van der Waals surface area contributed by atoms with Crippen LogP contribution in [0.25, 0.3) is 0 Å². The van der Waals surface area contributed by atoms with Crippen molar-refractivity contribution in [3.05, 3.63) is 29.3 Å². The van der Waals surface area contributed by atoms with Gasteiger partial charge in [-0.05, 0) is 42.9 Å². The van der Waals surface area contributed by atoms with Gasteiger partial charge < -0.3 is 10.3 Å². The largest absolute Gasteiger partial charge is 0.507 e. The Morgan fingerprint density at radius 3 is 2.19 bits per heavy atom. The van der Waals surface area contributed by atoms with Gasteiger partial charge in [-0.15, -0.1) is 0 Å². The number of nitrogens with zero attached hydrogens (tertiary/aromatic N) is 1. The van der Waals surface area contributed by atoms with Crippen LogP contribution in [-0.2, 0) is 0 Å². The molecule has 0 aromatic heterocycles. The number of phenols is 1. The van der Waals surface area contributed by atoms with Crippen molar-refractivity contribution in [2.75, 3.05) is 0 Å². The molecule has 0 saturated heterocycles. The highest BCUT2D eigenvalue weighted by Gasteiger charge is 2.13. The molecule has 1 atom stereocenters. The first-order valence-electron chi connectivity index (χ1n) is 10.7. The highest BCUT2D eigenvalue weighted by Crippen LogP contribution is 2.28. The number of oxime groups is 1. The molecule has 148 valence electrons. The summed E-state index contributed by atoms with van der Waals surface area (Å²) in [5, 5.41) is 23.0. The Labute approximate surface area is 160 Å². The topological polar surface area (TPSA) is 52.8 Å². The maximum atomic E-state index is 10.2. The normalized spacial score (nSPS) is 13.1. The van der Waals surface area contributed by atoms with Crippen molar-refractivity contribution >= 4 is 5.71 Å². The van der Waals surface area contributed by atoms with E-state index in [0.717, 1.165) is 19.3 Å². The van der Waals surface area contributed by atoms with Gasteiger partial charge in [-0.1, -0.05) is 89.8 Å². The Balaban J connectivity index is 2.56. The lowest BCUT2D eigenvalue weighted by Gasteiger charge is -2.15. The van der Waals surface area contributed by atoms with E-state index in [2.05, 4.69) is 25.9 Å². The van der Waals surface area contributed by atoms with Crippen LogP contribution in [0.5, 0.6) is 5.75 Å². The third-order valence-corrected chi connectivity index (χ3v) is 5.28. The fourth-order valence-electron chi connectivity index (χ4n) is 3.45. The zero-order valence-electron chi connectivity index (χ0n) is 17.1. The molecule has 0 radical (unpaired) electrons. The second kappa shape index (κ2) is 13.7. The van der Waals surface area contributed by atoms with E-state index in [-0.39, 0.29) is 5.75 Å². The minimum atomic E-state index is 0.209. The third kappa shape index (κ3) is 8.25. The van der Waals surface area contributed by atoms with Gasteiger partial charge in [0.1, 0.15) is 5.75 Å². The van der Waals surface area contributed by atoms with Crippen molar-refractivity contribution < 1.29 is 10.3 Å². The van der Waals surface area contributed by atoms with Gasteiger partial charge in [-0.25, -0.2) is 0 Å². The van der Waals surface area contributed by atoms with Crippen molar-refractivity contribution in [1.82, 2.24) is 0 Å². The van der Waals surface area contributed by atoms with Gasteiger partial charge in [0, 0.05) is 5.56 Å². The summed E-state index contributed by atoms with van der Waals surface area (Å²) in [5.74, 6) is 0.668. The van der Waals surface area contributed by atoms with Crippen LogP contribution in [0.3, 0.4) is 0 Å². The maximum absolute atomic E-state index is 10.2. The van der Waals surface area contributed by atoms with Gasteiger partial charge in [0.25, 0.3) is 0 Å². The van der Waals surface area contributed by atoms with E-state index in [9.17, 15) is 10.3 Å². The lowest BCUT2D eigenvalue weighted by Crippen LogP contribution is -2.04. The van der Waals surface area contributed by atoms with Crippen LogP contribution in [0.15, 0.2) is 23.4 Å². The zero-order chi connectivity index (χ0) is 19.2. The van der Waals surface area contributed by atoms with E-state index in [1.54, 1.807) is 6.07 Å².